The SMILES string of the molecule is C=COC(=O)CCCCl. The largest absolute Gasteiger partial charge is 0.435 e. The van der Waals surface area contributed by atoms with Crippen LogP contribution in [0.1, 0.15) is 12.8 Å². The van der Waals surface area contributed by atoms with E-state index in [9.17, 15) is 4.79 Å². The highest BCUT2D eigenvalue weighted by Gasteiger charge is 1.97. The van der Waals surface area contributed by atoms with Crippen LogP contribution in [0.4, 0.5) is 0 Å². The van der Waals surface area contributed by atoms with Crippen LogP contribution in [-0.2, 0) is 9.53 Å². The normalized spacial score (nSPS) is 8.56. The van der Waals surface area contributed by atoms with E-state index in [-0.39, 0.29) is 5.97 Å². The van der Waals surface area contributed by atoms with Crippen molar-refractivity contribution in [1.29, 1.82) is 0 Å². The maximum atomic E-state index is 10.4. The summed E-state index contributed by atoms with van der Waals surface area (Å²) < 4.78 is 4.41. The van der Waals surface area contributed by atoms with Crippen molar-refractivity contribution in [2.75, 3.05) is 5.88 Å². The number of alkyl halides is 1. The van der Waals surface area contributed by atoms with Gasteiger partial charge in [-0.2, -0.15) is 0 Å². The molecule has 52 valence electrons. The Kier molecular flexibility index (Phi) is 5.32. The summed E-state index contributed by atoms with van der Waals surface area (Å²) in [5.41, 5.74) is 0. The molecule has 0 atom stereocenters. The molecule has 0 saturated heterocycles. The first-order chi connectivity index (χ1) is 4.31. The summed E-state index contributed by atoms with van der Waals surface area (Å²) in [6.07, 6.45) is 2.15. The van der Waals surface area contributed by atoms with Crippen LogP contribution in [-0.4, -0.2) is 11.8 Å². The molecular weight excluding hydrogens is 140 g/mol. The Morgan fingerprint density at radius 1 is 1.78 bits per heavy atom. The van der Waals surface area contributed by atoms with E-state index < -0.39 is 0 Å². The maximum absolute atomic E-state index is 10.4. The van der Waals surface area contributed by atoms with E-state index in [1.54, 1.807) is 0 Å². The molecule has 0 aliphatic carbocycles. The summed E-state index contributed by atoms with van der Waals surface area (Å²) in [5, 5.41) is 0. The van der Waals surface area contributed by atoms with Gasteiger partial charge in [0.25, 0.3) is 0 Å². The number of carbonyl (C=O) groups is 1. The Hall–Kier alpha value is -0.500. The highest BCUT2D eigenvalue weighted by Crippen LogP contribution is 1.94. The third-order valence-electron chi connectivity index (χ3n) is 0.729. The van der Waals surface area contributed by atoms with Crippen LogP contribution in [0, 0.1) is 0 Å². The molecule has 0 aliphatic heterocycles. The molecule has 0 aliphatic rings. The van der Waals surface area contributed by atoms with E-state index in [0.29, 0.717) is 18.7 Å². The van der Waals surface area contributed by atoms with Crippen molar-refractivity contribution in [2.24, 2.45) is 0 Å². The molecule has 0 spiro atoms. The molecular formula is C6H9ClO2. The van der Waals surface area contributed by atoms with Gasteiger partial charge >= 0.3 is 5.97 Å². The molecule has 0 aromatic carbocycles. The van der Waals surface area contributed by atoms with E-state index in [4.69, 9.17) is 11.6 Å². The fourth-order valence-corrected chi connectivity index (χ4v) is 0.497. The van der Waals surface area contributed by atoms with Gasteiger partial charge in [0.05, 0.1) is 6.26 Å². The first-order valence-electron chi connectivity index (χ1n) is 2.67. The number of hydrogen-bond acceptors (Lipinski definition) is 2. The summed E-state index contributed by atoms with van der Waals surface area (Å²) in [6.45, 7) is 3.23. The summed E-state index contributed by atoms with van der Waals surface area (Å²) in [6, 6.07) is 0. The van der Waals surface area contributed by atoms with Crippen molar-refractivity contribution in [1.82, 2.24) is 0 Å². The van der Waals surface area contributed by atoms with E-state index in [0.717, 1.165) is 6.26 Å². The van der Waals surface area contributed by atoms with Crippen LogP contribution in [0.3, 0.4) is 0 Å². The second-order valence-corrected chi connectivity index (χ2v) is 1.83. The Morgan fingerprint density at radius 3 is 2.89 bits per heavy atom. The van der Waals surface area contributed by atoms with Gasteiger partial charge < -0.3 is 4.74 Å². The van der Waals surface area contributed by atoms with E-state index in [1.165, 1.54) is 0 Å². The number of esters is 1. The molecule has 0 aromatic heterocycles. The number of carbonyl (C=O) groups excluding carboxylic acids is 1. The Labute approximate surface area is 59.5 Å². The molecule has 0 N–H and O–H groups in total. The zero-order valence-corrected chi connectivity index (χ0v) is 5.86. The molecule has 0 amide bonds. The molecule has 9 heavy (non-hydrogen) atoms. The number of halogens is 1. The lowest BCUT2D eigenvalue weighted by atomic mass is 10.3. The van der Waals surface area contributed by atoms with Crippen molar-refractivity contribution in [3.63, 3.8) is 0 Å². The van der Waals surface area contributed by atoms with Crippen molar-refractivity contribution in [2.45, 2.75) is 12.8 Å². The highest BCUT2D eigenvalue weighted by atomic mass is 35.5. The van der Waals surface area contributed by atoms with Crippen LogP contribution in [0.15, 0.2) is 12.8 Å². The van der Waals surface area contributed by atoms with Crippen LogP contribution in [0.2, 0.25) is 0 Å². The molecule has 0 saturated carbocycles. The molecule has 0 aromatic rings. The van der Waals surface area contributed by atoms with Gasteiger partial charge in [0.1, 0.15) is 0 Å². The zero-order chi connectivity index (χ0) is 7.11. The lowest BCUT2D eigenvalue weighted by Gasteiger charge is -1.93. The van der Waals surface area contributed by atoms with Crippen LogP contribution in [0.5, 0.6) is 0 Å². The third-order valence-corrected chi connectivity index (χ3v) is 0.997. The van der Waals surface area contributed by atoms with Crippen molar-refractivity contribution < 1.29 is 9.53 Å². The van der Waals surface area contributed by atoms with Crippen LogP contribution >= 0.6 is 11.6 Å². The van der Waals surface area contributed by atoms with Gasteiger partial charge in [0.15, 0.2) is 0 Å². The van der Waals surface area contributed by atoms with Gasteiger partial charge in [-0.15, -0.1) is 11.6 Å². The highest BCUT2D eigenvalue weighted by molar-refractivity contribution is 6.17. The second kappa shape index (κ2) is 5.63. The van der Waals surface area contributed by atoms with E-state index >= 15 is 0 Å². The predicted octanol–water partition coefficient (Wildman–Crippen LogP) is 1.69. The van der Waals surface area contributed by atoms with E-state index in [2.05, 4.69) is 11.3 Å². The molecule has 0 unspecified atom stereocenters. The van der Waals surface area contributed by atoms with Gasteiger partial charge in [0, 0.05) is 12.3 Å². The van der Waals surface area contributed by atoms with Gasteiger partial charge in [-0.05, 0) is 6.42 Å². The molecule has 0 heterocycles. The first kappa shape index (κ1) is 8.50. The Bertz CT molecular complexity index is 101. The standard InChI is InChI=1S/C6H9ClO2/c1-2-9-6(8)4-3-5-7/h2H,1,3-5H2. The van der Waals surface area contributed by atoms with Gasteiger partial charge in [-0.3, -0.25) is 4.79 Å². The molecule has 0 fully saturated rings. The van der Waals surface area contributed by atoms with Crippen LogP contribution < -0.4 is 0 Å². The molecule has 2 nitrogen and oxygen atoms in total. The first-order valence-corrected chi connectivity index (χ1v) is 3.21. The zero-order valence-electron chi connectivity index (χ0n) is 5.10. The molecule has 0 radical (unpaired) electrons. The summed E-state index contributed by atoms with van der Waals surface area (Å²) >= 11 is 5.31. The summed E-state index contributed by atoms with van der Waals surface area (Å²) in [7, 11) is 0. The second-order valence-electron chi connectivity index (χ2n) is 1.45. The number of ether oxygens (including phenoxy) is 1. The van der Waals surface area contributed by atoms with Crippen LogP contribution in [0.25, 0.3) is 0 Å². The van der Waals surface area contributed by atoms with Gasteiger partial charge in [-0.1, -0.05) is 6.58 Å². The predicted molar refractivity (Wildman–Crippen MR) is 36.2 cm³/mol. The molecule has 0 rings (SSSR count). The average Bonchev–Trinajstić information content (AvgIpc) is 1.85. The number of hydrogen-bond donors (Lipinski definition) is 0. The lowest BCUT2D eigenvalue weighted by Crippen LogP contribution is -1.98. The van der Waals surface area contributed by atoms with Crippen molar-refractivity contribution in [3.8, 4) is 0 Å². The minimum Gasteiger partial charge on any atom is -0.435 e. The van der Waals surface area contributed by atoms with Crippen molar-refractivity contribution in [3.05, 3.63) is 12.8 Å². The summed E-state index contributed by atoms with van der Waals surface area (Å²) in [4.78, 5) is 10.4. The quantitative estimate of drug-likeness (QED) is 0.345. The molecule has 3 heteroatoms. The topological polar surface area (TPSA) is 26.3 Å². The van der Waals surface area contributed by atoms with Gasteiger partial charge in [0.2, 0.25) is 0 Å². The monoisotopic (exact) mass is 148 g/mol. The Morgan fingerprint density at radius 2 is 2.44 bits per heavy atom. The fraction of sp³-hybridized carbons (Fsp3) is 0.500. The minimum absolute atomic E-state index is 0.273. The average molecular weight is 149 g/mol. The van der Waals surface area contributed by atoms with Gasteiger partial charge in [-0.25, -0.2) is 0 Å². The fourth-order valence-electron chi connectivity index (χ4n) is 0.363. The van der Waals surface area contributed by atoms with Crippen molar-refractivity contribution >= 4 is 17.6 Å². The smallest absolute Gasteiger partial charge is 0.310 e. The summed E-state index contributed by atoms with van der Waals surface area (Å²) in [5.74, 6) is 0.220. The maximum Gasteiger partial charge on any atom is 0.310 e. The number of rotatable bonds is 4. The lowest BCUT2D eigenvalue weighted by molar-refractivity contribution is -0.137. The van der Waals surface area contributed by atoms with E-state index in [1.807, 2.05) is 0 Å². The minimum atomic E-state index is -0.273. The Balaban J connectivity index is 3.16. The third kappa shape index (κ3) is 5.37. The molecule has 0 bridgehead atoms.